The molecule has 1 saturated heterocycles. The number of Topliss-reactive ketones (excluding diaryl/α,β-unsaturated/α-hetero) is 1. The largest absolute Gasteiger partial charge is 0.450 e. The lowest BCUT2D eigenvalue weighted by Gasteiger charge is -2.33. The topological polar surface area (TPSA) is 65.6 Å². The second-order valence-corrected chi connectivity index (χ2v) is 5.38. The Morgan fingerprint density at radius 2 is 1.90 bits per heavy atom. The minimum Gasteiger partial charge on any atom is -0.450 e. The zero-order valence-corrected chi connectivity index (χ0v) is 12.9. The summed E-state index contributed by atoms with van der Waals surface area (Å²) in [4.78, 5) is 30.8. The number of rotatable bonds is 4. The van der Waals surface area contributed by atoms with Gasteiger partial charge in [-0.05, 0) is 26.8 Å². The Hall–Kier alpha value is -1.82. The fourth-order valence-corrected chi connectivity index (χ4v) is 2.61. The predicted molar refractivity (Wildman–Crippen MR) is 79.6 cm³/mol. The SMILES string of the molecule is CCOC(=O)N1CCN(CC(=O)c2cc(C)[nH]c2C)CC1. The van der Waals surface area contributed by atoms with Crippen LogP contribution in [0.4, 0.5) is 4.79 Å². The third kappa shape index (κ3) is 3.85. The summed E-state index contributed by atoms with van der Waals surface area (Å²) in [5.74, 6) is 0.126. The maximum atomic E-state index is 12.3. The summed E-state index contributed by atoms with van der Waals surface area (Å²) in [6.07, 6.45) is -0.263. The summed E-state index contributed by atoms with van der Waals surface area (Å²) in [7, 11) is 0. The van der Waals surface area contributed by atoms with Crippen LogP contribution < -0.4 is 0 Å². The molecule has 2 rings (SSSR count). The summed E-state index contributed by atoms with van der Waals surface area (Å²) < 4.78 is 4.98. The van der Waals surface area contributed by atoms with Gasteiger partial charge in [0.2, 0.25) is 0 Å². The number of ketones is 1. The summed E-state index contributed by atoms with van der Waals surface area (Å²) in [5.41, 5.74) is 2.69. The number of ether oxygens (including phenoxy) is 1. The molecular weight excluding hydrogens is 270 g/mol. The molecule has 0 aromatic carbocycles. The van der Waals surface area contributed by atoms with E-state index < -0.39 is 0 Å². The number of aryl methyl sites for hydroxylation is 2. The van der Waals surface area contributed by atoms with Crippen molar-refractivity contribution in [1.29, 1.82) is 0 Å². The molecular formula is C15H23N3O3. The molecule has 0 saturated carbocycles. The van der Waals surface area contributed by atoms with Crippen LogP contribution in [0.1, 0.15) is 28.7 Å². The highest BCUT2D eigenvalue weighted by atomic mass is 16.6. The number of hydrogen-bond donors (Lipinski definition) is 1. The van der Waals surface area contributed by atoms with Gasteiger partial charge in [0.15, 0.2) is 5.78 Å². The monoisotopic (exact) mass is 293 g/mol. The number of aromatic amines is 1. The standard InChI is InChI=1S/C15H23N3O3/c1-4-21-15(20)18-7-5-17(6-8-18)10-14(19)13-9-11(2)16-12(13)3/h9,16H,4-8,10H2,1-3H3. The lowest BCUT2D eigenvalue weighted by Crippen LogP contribution is -2.50. The number of carbonyl (C=O) groups is 2. The Bertz CT molecular complexity index is 516. The van der Waals surface area contributed by atoms with E-state index in [1.165, 1.54) is 0 Å². The van der Waals surface area contributed by atoms with Gasteiger partial charge < -0.3 is 14.6 Å². The van der Waals surface area contributed by atoms with Gasteiger partial charge in [-0.2, -0.15) is 0 Å². The normalized spacial score (nSPS) is 16.0. The van der Waals surface area contributed by atoms with Crippen molar-refractivity contribution in [3.8, 4) is 0 Å². The average Bonchev–Trinajstić information content (AvgIpc) is 2.79. The number of aromatic nitrogens is 1. The minimum atomic E-state index is -0.263. The van der Waals surface area contributed by atoms with Crippen LogP contribution in [0.5, 0.6) is 0 Å². The van der Waals surface area contributed by atoms with E-state index in [1.54, 1.807) is 11.8 Å². The Morgan fingerprint density at radius 1 is 1.24 bits per heavy atom. The van der Waals surface area contributed by atoms with Gasteiger partial charge in [-0.3, -0.25) is 9.69 Å². The molecule has 1 aromatic heterocycles. The van der Waals surface area contributed by atoms with E-state index in [-0.39, 0.29) is 11.9 Å². The molecule has 1 fully saturated rings. The summed E-state index contributed by atoms with van der Waals surface area (Å²) in [6, 6.07) is 1.90. The molecule has 1 aliphatic heterocycles. The van der Waals surface area contributed by atoms with Crippen molar-refractivity contribution in [3.63, 3.8) is 0 Å². The zero-order valence-electron chi connectivity index (χ0n) is 12.9. The van der Waals surface area contributed by atoms with E-state index in [9.17, 15) is 9.59 Å². The predicted octanol–water partition coefficient (Wildman–Crippen LogP) is 1.59. The maximum absolute atomic E-state index is 12.3. The van der Waals surface area contributed by atoms with Gasteiger partial charge in [0.1, 0.15) is 0 Å². The summed E-state index contributed by atoms with van der Waals surface area (Å²) in [5, 5.41) is 0. The molecule has 0 unspecified atom stereocenters. The molecule has 6 nitrogen and oxygen atoms in total. The molecule has 0 atom stereocenters. The first-order valence-electron chi connectivity index (χ1n) is 7.34. The molecule has 0 spiro atoms. The van der Waals surface area contributed by atoms with E-state index in [4.69, 9.17) is 4.74 Å². The van der Waals surface area contributed by atoms with E-state index >= 15 is 0 Å². The lowest BCUT2D eigenvalue weighted by atomic mass is 10.1. The maximum Gasteiger partial charge on any atom is 0.409 e. The zero-order chi connectivity index (χ0) is 15.4. The lowest BCUT2D eigenvalue weighted by molar-refractivity contribution is 0.0733. The number of H-pyrrole nitrogens is 1. The number of amides is 1. The first-order valence-corrected chi connectivity index (χ1v) is 7.34. The van der Waals surface area contributed by atoms with Crippen LogP contribution in [0.25, 0.3) is 0 Å². The first-order chi connectivity index (χ1) is 10.0. The molecule has 0 bridgehead atoms. The third-order valence-corrected chi connectivity index (χ3v) is 3.72. The van der Waals surface area contributed by atoms with Gasteiger partial charge in [0.25, 0.3) is 0 Å². The molecule has 6 heteroatoms. The molecule has 2 heterocycles. The third-order valence-electron chi connectivity index (χ3n) is 3.72. The van der Waals surface area contributed by atoms with Crippen LogP contribution in [0.2, 0.25) is 0 Å². The molecule has 1 aromatic rings. The van der Waals surface area contributed by atoms with Crippen LogP contribution in [0.15, 0.2) is 6.07 Å². The quantitative estimate of drug-likeness (QED) is 0.856. The minimum absolute atomic E-state index is 0.126. The Labute approximate surface area is 125 Å². The molecule has 1 N–H and O–H groups in total. The fraction of sp³-hybridized carbons (Fsp3) is 0.600. The van der Waals surface area contributed by atoms with Crippen molar-refractivity contribution >= 4 is 11.9 Å². The van der Waals surface area contributed by atoms with Crippen molar-refractivity contribution in [3.05, 3.63) is 23.0 Å². The summed E-state index contributed by atoms with van der Waals surface area (Å²) >= 11 is 0. The molecule has 1 amide bonds. The van der Waals surface area contributed by atoms with Gasteiger partial charge in [0, 0.05) is 43.1 Å². The number of carbonyl (C=O) groups excluding carboxylic acids is 2. The second kappa shape index (κ2) is 6.76. The van der Waals surface area contributed by atoms with Gasteiger partial charge in [0.05, 0.1) is 13.2 Å². The van der Waals surface area contributed by atoms with Crippen LogP contribution in [-0.4, -0.2) is 66.0 Å². The number of nitrogens with one attached hydrogen (secondary N) is 1. The van der Waals surface area contributed by atoms with Crippen molar-refractivity contribution < 1.29 is 14.3 Å². The summed E-state index contributed by atoms with van der Waals surface area (Å²) in [6.45, 7) is 9.07. The number of nitrogens with zero attached hydrogens (tertiary/aromatic N) is 2. The highest BCUT2D eigenvalue weighted by Crippen LogP contribution is 2.12. The molecule has 0 radical (unpaired) electrons. The molecule has 0 aliphatic carbocycles. The molecule has 1 aliphatic rings. The van der Waals surface area contributed by atoms with Gasteiger partial charge >= 0.3 is 6.09 Å². The van der Waals surface area contributed by atoms with Crippen LogP contribution in [-0.2, 0) is 4.74 Å². The van der Waals surface area contributed by atoms with Crippen molar-refractivity contribution in [2.24, 2.45) is 0 Å². The van der Waals surface area contributed by atoms with Crippen molar-refractivity contribution in [2.75, 3.05) is 39.3 Å². The first kappa shape index (κ1) is 15.6. The number of hydrogen-bond acceptors (Lipinski definition) is 4. The Balaban J connectivity index is 1.85. The second-order valence-electron chi connectivity index (χ2n) is 5.38. The van der Waals surface area contributed by atoms with Crippen molar-refractivity contribution in [1.82, 2.24) is 14.8 Å². The highest BCUT2D eigenvalue weighted by molar-refractivity contribution is 5.98. The van der Waals surface area contributed by atoms with E-state index in [0.717, 1.165) is 17.0 Å². The fourth-order valence-electron chi connectivity index (χ4n) is 2.61. The number of piperazine rings is 1. The van der Waals surface area contributed by atoms with E-state index in [2.05, 4.69) is 9.88 Å². The average molecular weight is 293 g/mol. The van der Waals surface area contributed by atoms with Gasteiger partial charge in [-0.15, -0.1) is 0 Å². The van der Waals surface area contributed by atoms with Gasteiger partial charge in [-0.25, -0.2) is 4.79 Å². The molecule has 116 valence electrons. The van der Waals surface area contributed by atoms with E-state index in [1.807, 2.05) is 19.9 Å². The Morgan fingerprint density at radius 3 is 2.43 bits per heavy atom. The van der Waals surface area contributed by atoms with Crippen LogP contribution >= 0.6 is 0 Å². The van der Waals surface area contributed by atoms with Crippen LogP contribution in [0, 0.1) is 13.8 Å². The van der Waals surface area contributed by atoms with Crippen LogP contribution in [0.3, 0.4) is 0 Å². The van der Waals surface area contributed by atoms with E-state index in [0.29, 0.717) is 39.3 Å². The highest BCUT2D eigenvalue weighted by Gasteiger charge is 2.24. The van der Waals surface area contributed by atoms with Crippen molar-refractivity contribution in [2.45, 2.75) is 20.8 Å². The molecule has 21 heavy (non-hydrogen) atoms. The van der Waals surface area contributed by atoms with Gasteiger partial charge in [-0.1, -0.05) is 0 Å². The Kier molecular flexibility index (Phi) is 5.01. The smallest absolute Gasteiger partial charge is 0.409 e.